The standard InChI is InChI=1S/C11H16N2O2S/c1-13(2)7-8-6-12-10(16-8)11(3-4-11)5-9(14)15/h6H,3-5,7H2,1-2H3,(H,14,15). The van der Waals surface area contributed by atoms with Crippen molar-refractivity contribution in [3.63, 3.8) is 0 Å². The van der Waals surface area contributed by atoms with Crippen LogP contribution in [0.15, 0.2) is 6.20 Å². The van der Waals surface area contributed by atoms with Gasteiger partial charge in [-0.05, 0) is 26.9 Å². The molecular weight excluding hydrogens is 224 g/mol. The molecule has 0 amide bonds. The van der Waals surface area contributed by atoms with E-state index in [2.05, 4.69) is 9.88 Å². The topological polar surface area (TPSA) is 53.4 Å². The molecule has 4 nitrogen and oxygen atoms in total. The molecule has 0 saturated heterocycles. The Balaban J connectivity index is 2.09. The van der Waals surface area contributed by atoms with E-state index in [0.717, 1.165) is 24.4 Å². The van der Waals surface area contributed by atoms with Crippen LogP contribution in [0.3, 0.4) is 0 Å². The number of carboxylic acids is 1. The van der Waals surface area contributed by atoms with Gasteiger partial charge in [-0.15, -0.1) is 11.3 Å². The predicted octanol–water partition coefficient (Wildman–Crippen LogP) is 1.71. The lowest BCUT2D eigenvalue weighted by molar-refractivity contribution is -0.137. The SMILES string of the molecule is CN(C)Cc1cnc(C2(CC(=O)O)CC2)s1. The first-order chi connectivity index (χ1) is 7.52. The quantitative estimate of drug-likeness (QED) is 0.851. The second kappa shape index (κ2) is 4.14. The summed E-state index contributed by atoms with van der Waals surface area (Å²) >= 11 is 1.66. The number of thiazole rings is 1. The molecule has 1 aliphatic carbocycles. The summed E-state index contributed by atoms with van der Waals surface area (Å²) in [6.45, 7) is 0.876. The Morgan fingerprint density at radius 2 is 2.31 bits per heavy atom. The van der Waals surface area contributed by atoms with Gasteiger partial charge in [0.1, 0.15) is 0 Å². The Morgan fingerprint density at radius 3 is 2.81 bits per heavy atom. The minimum Gasteiger partial charge on any atom is -0.481 e. The van der Waals surface area contributed by atoms with Gasteiger partial charge in [0, 0.05) is 23.0 Å². The van der Waals surface area contributed by atoms with Gasteiger partial charge in [-0.3, -0.25) is 4.79 Å². The van der Waals surface area contributed by atoms with Crippen molar-refractivity contribution in [2.45, 2.75) is 31.2 Å². The first-order valence-corrected chi connectivity index (χ1v) is 6.15. The Kier molecular flexibility index (Phi) is 2.99. The molecule has 0 aromatic carbocycles. The van der Waals surface area contributed by atoms with E-state index >= 15 is 0 Å². The van der Waals surface area contributed by atoms with E-state index in [9.17, 15) is 4.79 Å². The Bertz CT molecular complexity index is 396. The lowest BCUT2D eigenvalue weighted by atomic mass is 10.0. The van der Waals surface area contributed by atoms with Crippen LogP contribution in [0.1, 0.15) is 29.1 Å². The molecular formula is C11H16N2O2S. The maximum absolute atomic E-state index is 10.8. The van der Waals surface area contributed by atoms with Gasteiger partial charge in [-0.2, -0.15) is 0 Å². The average molecular weight is 240 g/mol. The van der Waals surface area contributed by atoms with Crippen LogP contribution in [0.25, 0.3) is 0 Å². The van der Waals surface area contributed by atoms with Gasteiger partial charge in [-0.25, -0.2) is 4.98 Å². The van der Waals surface area contributed by atoms with Crippen molar-refractivity contribution in [1.82, 2.24) is 9.88 Å². The summed E-state index contributed by atoms with van der Waals surface area (Å²) in [5.41, 5.74) is -0.138. The monoisotopic (exact) mass is 240 g/mol. The fraction of sp³-hybridized carbons (Fsp3) is 0.636. The van der Waals surface area contributed by atoms with Crippen LogP contribution in [0.4, 0.5) is 0 Å². The highest BCUT2D eigenvalue weighted by Gasteiger charge is 2.48. The van der Waals surface area contributed by atoms with E-state index in [0.29, 0.717) is 0 Å². The molecule has 0 radical (unpaired) electrons. The number of aliphatic carboxylic acids is 1. The van der Waals surface area contributed by atoms with Crippen LogP contribution >= 0.6 is 11.3 Å². The van der Waals surface area contributed by atoms with E-state index in [1.165, 1.54) is 4.88 Å². The first kappa shape index (κ1) is 11.5. The predicted molar refractivity (Wildman–Crippen MR) is 62.7 cm³/mol. The van der Waals surface area contributed by atoms with Crippen LogP contribution in [0, 0.1) is 0 Å². The maximum atomic E-state index is 10.8. The summed E-state index contributed by atoms with van der Waals surface area (Å²) in [5.74, 6) is -0.721. The third kappa shape index (κ3) is 2.41. The summed E-state index contributed by atoms with van der Waals surface area (Å²) in [5, 5.41) is 9.88. The van der Waals surface area contributed by atoms with Crippen molar-refractivity contribution in [2.75, 3.05) is 14.1 Å². The Morgan fingerprint density at radius 1 is 1.62 bits per heavy atom. The molecule has 1 saturated carbocycles. The highest BCUT2D eigenvalue weighted by Crippen LogP contribution is 2.52. The van der Waals surface area contributed by atoms with Crippen LogP contribution < -0.4 is 0 Å². The number of nitrogens with zero attached hydrogens (tertiary/aromatic N) is 2. The fourth-order valence-electron chi connectivity index (χ4n) is 1.84. The van der Waals surface area contributed by atoms with Crippen molar-refractivity contribution in [1.29, 1.82) is 0 Å². The van der Waals surface area contributed by atoms with Crippen LogP contribution in [0.2, 0.25) is 0 Å². The van der Waals surface area contributed by atoms with Gasteiger partial charge in [0.15, 0.2) is 0 Å². The molecule has 1 N–H and O–H groups in total. The molecule has 1 fully saturated rings. The third-order valence-corrected chi connectivity index (χ3v) is 4.05. The molecule has 1 aromatic heterocycles. The molecule has 0 unspecified atom stereocenters. The number of hydrogen-bond acceptors (Lipinski definition) is 4. The lowest BCUT2D eigenvalue weighted by Gasteiger charge is -2.08. The average Bonchev–Trinajstić information content (AvgIpc) is 2.75. The summed E-state index contributed by atoms with van der Waals surface area (Å²) in [4.78, 5) is 18.5. The minimum absolute atomic E-state index is 0.138. The first-order valence-electron chi connectivity index (χ1n) is 5.33. The van der Waals surface area contributed by atoms with E-state index in [4.69, 9.17) is 5.11 Å². The van der Waals surface area contributed by atoms with Crippen molar-refractivity contribution >= 4 is 17.3 Å². The van der Waals surface area contributed by atoms with Crippen LogP contribution in [-0.4, -0.2) is 35.1 Å². The van der Waals surface area contributed by atoms with Gasteiger partial charge < -0.3 is 10.0 Å². The summed E-state index contributed by atoms with van der Waals surface area (Å²) in [6, 6.07) is 0. The van der Waals surface area contributed by atoms with Gasteiger partial charge in [0.2, 0.25) is 0 Å². The van der Waals surface area contributed by atoms with Crippen molar-refractivity contribution < 1.29 is 9.90 Å². The van der Waals surface area contributed by atoms with Crippen molar-refractivity contribution in [3.8, 4) is 0 Å². The van der Waals surface area contributed by atoms with Gasteiger partial charge in [0.05, 0.1) is 11.4 Å². The second-order valence-corrected chi connectivity index (χ2v) is 5.84. The molecule has 16 heavy (non-hydrogen) atoms. The molecule has 1 aromatic rings. The molecule has 2 rings (SSSR count). The zero-order valence-corrected chi connectivity index (χ0v) is 10.4. The molecule has 0 aliphatic heterocycles. The smallest absolute Gasteiger partial charge is 0.304 e. The van der Waals surface area contributed by atoms with E-state index in [1.807, 2.05) is 20.3 Å². The molecule has 0 bridgehead atoms. The van der Waals surface area contributed by atoms with E-state index in [1.54, 1.807) is 11.3 Å². The zero-order valence-electron chi connectivity index (χ0n) is 9.56. The maximum Gasteiger partial charge on any atom is 0.304 e. The molecule has 88 valence electrons. The molecule has 1 heterocycles. The minimum atomic E-state index is -0.721. The highest BCUT2D eigenvalue weighted by atomic mass is 32.1. The normalized spacial score (nSPS) is 17.7. The lowest BCUT2D eigenvalue weighted by Crippen LogP contribution is -2.12. The van der Waals surface area contributed by atoms with Gasteiger partial charge >= 0.3 is 5.97 Å². The Hall–Kier alpha value is -0.940. The molecule has 0 spiro atoms. The summed E-state index contributed by atoms with van der Waals surface area (Å²) < 4.78 is 0. The number of carboxylic acid groups (broad SMARTS) is 1. The number of hydrogen-bond donors (Lipinski definition) is 1. The fourth-order valence-corrected chi connectivity index (χ4v) is 3.12. The van der Waals surface area contributed by atoms with Crippen LogP contribution in [-0.2, 0) is 16.8 Å². The highest BCUT2D eigenvalue weighted by molar-refractivity contribution is 7.11. The third-order valence-electron chi connectivity index (χ3n) is 2.82. The Labute approximate surface area is 98.9 Å². The second-order valence-electron chi connectivity index (χ2n) is 4.72. The largest absolute Gasteiger partial charge is 0.481 e. The van der Waals surface area contributed by atoms with Gasteiger partial charge in [-0.1, -0.05) is 0 Å². The molecule has 0 atom stereocenters. The van der Waals surface area contributed by atoms with Gasteiger partial charge in [0.25, 0.3) is 0 Å². The van der Waals surface area contributed by atoms with Crippen LogP contribution in [0.5, 0.6) is 0 Å². The molecule has 5 heteroatoms. The number of aromatic nitrogens is 1. The van der Waals surface area contributed by atoms with Crippen molar-refractivity contribution in [2.24, 2.45) is 0 Å². The summed E-state index contributed by atoms with van der Waals surface area (Å²) in [7, 11) is 4.03. The summed E-state index contributed by atoms with van der Waals surface area (Å²) in [6.07, 6.45) is 4.03. The molecule has 1 aliphatic rings. The number of rotatable bonds is 5. The van der Waals surface area contributed by atoms with E-state index < -0.39 is 5.97 Å². The zero-order chi connectivity index (χ0) is 11.8. The van der Waals surface area contributed by atoms with E-state index in [-0.39, 0.29) is 11.8 Å². The number of carbonyl (C=O) groups is 1. The van der Waals surface area contributed by atoms with Crippen molar-refractivity contribution in [3.05, 3.63) is 16.1 Å².